The Morgan fingerprint density at radius 2 is 0.542 bits per heavy atom. The molecule has 23 aromatic rings. The maximum absolute atomic E-state index is 5.53. The van der Waals surface area contributed by atoms with Crippen LogP contribution in [0, 0.1) is 0 Å². The predicted octanol–water partition coefficient (Wildman–Crippen LogP) is 27.8. The molecule has 0 saturated carbocycles. The summed E-state index contributed by atoms with van der Waals surface area (Å²) in [5.41, 5.74) is 25.0. The minimum Gasteiger partial charge on any atom is -0.307 e. The fourth-order valence-electron chi connectivity index (χ4n) is 17.2. The number of rotatable bonds is 12. The van der Waals surface area contributed by atoms with Crippen molar-refractivity contribution in [1.82, 2.24) is 44.0 Å². The molecule has 0 fully saturated rings. The fourth-order valence-corrected chi connectivity index (χ4v) is 17.2. The van der Waals surface area contributed by atoms with E-state index in [0.717, 1.165) is 150 Å². The van der Waals surface area contributed by atoms with Crippen molar-refractivity contribution in [3.05, 3.63) is 419 Å². The summed E-state index contributed by atoms with van der Waals surface area (Å²) in [7, 11) is 0. The van der Waals surface area contributed by atoms with Crippen LogP contribution in [0.15, 0.2) is 419 Å². The SMILES string of the molecule is c1ccc(-c2cc(-c3ccc(-c4ccc(-c5nc6cc7ccccc7cc6c6c7ccccc7n(-c7ccccc7)c56)cc4)c4ccccc34)nc(-c3ccccc3)n2)cc1.c1ccc(-c2nc(-c3ccccc3)nc(-c3ccc(-c4ccc(-c5nc6ccc7ccccc7c6c6c7ccccc7n(-c7ccccc7)c56)cc4)cc3)n2)cc1. The first-order valence-corrected chi connectivity index (χ1v) is 39.8. The van der Waals surface area contributed by atoms with Gasteiger partial charge in [-0.1, -0.05) is 358 Å². The quantitative estimate of drug-likeness (QED) is 0.0887. The monoisotopic (exact) mass is 1500 g/mol. The van der Waals surface area contributed by atoms with Crippen LogP contribution in [0.25, 0.3) is 222 Å². The summed E-state index contributed by atoms with van der Waals surface area (Å²) in [6.07, 6.45) is 0. The Labute approximate surface area is 680 Å². The number of hydrogen-bond acceptors (Lipinski definition) is 7. The molecule has 0 N–H and O–H groups in total. The van der Waals surface area contributed by atoms with Gasteiger partial charge in [-0.15, -0.1) is 0 Å². The first kappa shape index (κ1) is 68.8. The van der Waals surface area contributed by atoms with E-state index in [0.29, 0.717) is 23.3 Å². The summed E-state index contributed by atoms with van der Waals surface area (Å²) in [4.78, 5) is 35.9. The summed E-state index contributed by atoms with van der Waals surface area (Å²) >= 11 is 0. The van der Waals surface area contributed by atoms with Crippen LogP contribution in [0.3, 0.4) is 0 Å². The minimum atomic E-state index is 0.637. The van der Waals surface area contributed by atoms with Gasteiger partial charge in [-0.05, 0) is 115 Å². The molecule has 0 spiro atoms. The number of hydrogen-bond donors (Lipinski definition) is 0. The van der Waals surface area contributed by atoms with Crippen LogP contribution in [0.1, 0.15) is 0 Å². The molecule has 0 unspecified atom stereocenters. The summed E-state index contributed by atoms with van der Waals surface area (Å²) in [5.74, 6) is 2.64. The maximum atomic E-state index is 5.53. The molecule has 118 heavy (non-hydrogen) atoms. The van der Waals surface area contributed by atoms with E-state index < -0.39 is 0 Å². The van der Waals surface area contributed by atoms with Gasteiger partial charge in [0, 0.05) is 88.2 Å². The van der Waals surface area contributed by atoms with E-state index in [9.17, 15) is 0 Å². The lowest BCUT2D eigenvalue weighted by Crippen LogP contribution is -2.00. The van der Waals surface area contributed by atoms with Crippen LogP contribution < -0.4 is 0 Å². The molecule has 6 aromatic heterocycles. The molecule has 0 aliphatic heterocycles. The summed E-state index contributed by atoms with van der Waals surface area (Å²) in [6, 6.07) is 147. The molecule has 9 heteroatoms. The summed E-state index contributed by atoms with van der Waals surface area (Å²) < 4.78 is 4.77. The highest BCUT2D eigenvalue weighted by Gasteiger charge is 2.26. The largest absolute Gasteiger partial charge is 0.307 e. The van der Waals surface area contributed by atoms with Crippen molar-refractivity contribution in [2.45, 2.75) is 0 Å². The molecule has 0 aliphatic rings. The molecule has 6 heterocycles. The van der Waals surface area contributed by atoms with E-state index in [1.54, 1.807) is 0 Å². The van der Waals surface area contributed by atoms with E-state index in [2.05, 4.69) is 343 Å². The minimum absolute atomic E-state index is 0.637. The van der Waals surface area contributed by atoms with Gasteiger partial charge in [-0.2, -0.15) is 0 Å². The van der Waals surface area contributed by atoms with Gasteiger partial charge >= 0.3 is 0 Å². The van der Waals surface area contributed by atoms with Gasteiger partial charge in [-0.25, -0.2) is 34.9 Å². The lowest BCUT2D eigenvalue weighted by atomic mass is 9.92. The summed E-state index contributed by atoms with van der Waals surface area (Å²) in [6.45, 7) is 0. The van der Waals surface area contributed by atoms with E-state index in [-0.39, 0.29) is 0 Å². The van der Waals surface area contributed by atoms with Crippen molar-refractivity contribution in [3.63, 3.8) is 0 Å². The zero-order valence-electron chi connectivity index (χ0n) is 63.9. The highest BCUT2D eigenvalue weighted by Crippen LogP contribution is 2.47. The molecular weight excluding hydrogens is 1440 g/mol. The molecule has 0 bridgehead atoms. The van der Waals surface area contributed by atoms with Gasteiger partial charge in [0.1, 0.15) is 0 Å². The highest BCUT2D eigenvalue weighted by atomic mass is 15.0. The van der Waals surface area contributed by atoms with E-state index in [1.807, 2.05) is 84.9 Å². The first-order chi connectivity index (χ1) is 58.5. The second-order valence-corrected chi connectivity index (χ2v) is 29.8. The molecule has 0 aliphatic carbocycles. The predicted molar refractivity (Wildman–Crippen MR) is 488 cm³/mol. The number of nitrogens with zero attached hydrogens (tertiary/aromatic N) is 9. The Kier molecular flexibility index (Phi) is 17.0. The van der Waals surface area contributed by atoms with Crippen LogP contribution in [-0.2, 0) is 0 Å². The molecule has 0 saturated heterocycles. The average molecular weight is 1500 g/mol. The zero-order chi connectivity index (χ0) is 78.0. The van der Waals surface area contributed by atoms with Crippen molar-refractivity contribution in [3.8, 4) is 124 Å². The Morgan fingerprint density at radius 1 is 0.178 bits per heavy atom. The Bertz CT molecular complexity index is 7680. The lowest BCUT2D eigenvalue weighted by Gasteiger charge is -2.15. The second-order valence-electron chi connectivity index (χ2n) is 29.8. The molecule has 0 radical (unpaired) electrons. The summed E-state index contributed by atoms with van der Waals surface area (Å²) in [5, 5.41) is 14.3. The first-order valence-electron chi connectivity index (χ1n) is 39.8. The van der Waals surface area contributed by atoms with Crippen molar-refractivity contribution >= 4 is 97.7 Å². The Hall–Kier alpha value is -16.0. The van der Waals surface area contributed by atoms with E-state index in [4.69, 9.17) is 34.9 Å². The third kappa shape index (κ3) is 12.2. The molecule has 9 nitrogen and oxygen atoms in total. The van der Waals surface area contributed by atoms with Crippen LogP contribution in [0.5, 0.6) is 0 Å². The van der Waals surface area contributed by atoms with Crippen LogP contribution in [0.4, 0.5) is 0 Å². The van der Waals surface area contributed by atoms with Crippen LogP contribution >= 0.6 is 0 Å². The van der Waals surface area contributed by atoms with Crippen molar-refractivity contribution < 1.29 is 0 Å². The standard InChI is InChI=1S/C57H36N4.C52H33N5/c1-4-16-38(17-5-1)50-36-52(60-57(59-50)40-18-6-2-7-19-40)47-33-32-44(45-24-12-13-25-46(45)47)37-28-30-39(31-29-37)55-56-54(49-34-41-20-10-11-21-42(41)35-51(49)58-55)48-26-14-15-27-53(48)61(56)43-22-8-3-9-23-43;1-4-15-38(16-5-1)50-54-51(39-17-6-2-7-18-39)56-52(55-50)40-30-26-35(27-31-40)34-24-28-37(29-25-34)48-49-47(46-42-21-11-10-14-36(42)32-33-44(46)53-48)43-22-12-13-23-45(43)57(49)41-19-8-3-9-20-41/h1-36H;1-33H. The van der Waals surface area contributed by atoms with Crippen LogP contribution in [0.2, 0.25) is 0 Å². The van der Waals surface area contributed by atoms with Crippen molar-refractivity contribution in [2.24, 2.45) is 0 Å². The fraction of sp³-hybridized carbons (Fsp3) is 0. The smallest absolute Gasteiger partial charge is 0.164 e. The topological polar surface area (TPSA) is 100 Å². The number of aromatic nitrogens is 9. The Morgan fingerprint density at radius 3 is 1.08 bits per heavy atom. The number of para-hydroxylation sites is 4. The van der Waals surface area contributed by atoms with Gasteiger partial charge < -0.3 is 9.13 Å². The molecule has 550 valence electrons. The van der Waals surface area contributed by atoms with Crippen LogP contribution in [-0.4, -0.2) is 44.0 Å². The third-order valence-corrected chi connectivity index (χ3v) is 22.8. The second kappa shape index (κ2) is 29.2. The molecular formula is C109H69N9. The lowest BCUT2D eigenvalue weighted by molar-refractivity contribution is 1.07. The zero-order valence-corrected chi connectivity index (χ0v) is 63.9. The highest BCUT2D eigenvalue weighted by molar-refractivity contribution is 6.30. The number of benzene rings is 17. The number of fused-ring (bicyclic) bond motifs is 14. The molecule has 17 aromatic carbocycles. The normalized spacial score (nSPS) is 11.6. The van der Waals surface area contributed by atoms with Gasteiger partial charge in [0.25, 0.3) is 0 Å². The molecule has 0 atom stereocenters. The molecule has 23 rings (SSSR count). The van der Waals surface area contributed by atoms with E-state index >= 15 is 0 Å². The third-order valence-electron chi connectivity index (χ3n) is 22.8. The average Bonchev–Trinajstić information content (AvgIpc) is 1.54. The van der Waals surface area contributed by atoms with Gasteiger partial charge in [0.2, 0.25) is 0 Å². The van der Waals surface area contributed by atoms with Gasteiger partial charge in [-0.3, -0.25) is 0 Å². The number of pyridine rings is 2. The maximum Gasteiger partial charge on any atom is 0.164 e. The van der Waals surface area contributed by atoms with Crippen molar-refractivity contribution in [1.29, 1.82) is 0 Å². The Balaban J connectivity index is 0.000000143. The molecule has 0 amide bonds. The van der Waals surface area contributed by atoms with Gasteiger partial charge in [0.15, 0.2) is 23.3 Å². The van der Waals surface area contributed by atoms with Gasteiger partial charge in [0.05, 0.1) is 55.9 Å². The van der Waals surface area contributed by atoms with E-state index in [1.165, 1.54) is 48.5 Å². The van der Waals surface area contributed by atoms with Crippen molar-refractivity contribution in [2.75, 3.05) is 0 Å².